The summed E-state index contributed by atoms with van der Waals surface area (Å²) in [5.74, 6) is 0.298. The molecule has 0 saturated carbocycles. The molecule has 0 N–H and O–H groups in total. The Kier molecular flexibility index (Phi) is 5.84. The Morgan fingerprint density at radius 1 is 0.812 bits per heavy atom. The van der Waals surface area contributed by atoms with E-state index in [1.165, 1.54) is 0 Å². The van der Waals surface area contributed by atoms with Gasteiger partial charge in [-0.3, -0.25) is 14.5 Å². The summed E-state index contributed by atoms with van der Waals surface area (Å²) in [6, 6.07) is 14.4. The highest BCUT2D eigenvalue weighted by atomic mass is 35.5. The molecule has 2 fully saturated rings. The molecule has 5 rings (SSSR count). The number of piperazine rings is 1. The third-order valence-electron chi connectivity index (χ3n) is 6.35. The summed E-state index contributed by atoms with van der Waals surface area (Å²) in [7, 11) is 0. The largest absolute Gasteiger partial charge is 0.451 e. The van der Waals surface area contributed by atoms with E-state index < -0.39 is 0 Å². The topological polar surface area (TPSA) is 57.0 Å². The second-order valence-electron chi connectivity index (χ2n) is 8.32. The minimum atomic E-state index is -0.0867. The van der Waals surface area contributed by atoms with Crippen molar-refractivity contribution in [3.8, 4) is 0 Å². The SMILES string of the molecule is O=C(c1ccc(Cl)cc1)N1CCN([C@@H]2CCN(C(=O)c3cc4cc(Cl)ccc4o3)C2)CC1. The quantitative estimate of drug-likeness (QED) is 0.567. The lowest BCUT2D eigenvalue weighted by atomic mass is 10.1. The van der Waals surface area contributed by atoms with Gasteiger partial charge in [0.05, 0.1) is 0 Å². The summed E-state index contributed by atoms with van der Waals surface area (Å²) in [4.78, 5) is 31.8. The van der Waals surface area contributed by atoms with Crippen molar-refractivity contribution in [2.45, 2.75) is 12.5 Å². The fourth-order valence-electron chi connectivity index (χ4n) is 4.56. The van der Waals surface area contributed by atoms with Gasteiger partial charge in [0.1, 0.15) is 5.58 Å². The zero-order valence-electron chi connectivity index (χ0n) is 17.5. The van der Waals surface area contributed by atoms with Crippen LogP contribution in [0.3, 0.4) is 0 Å². The molecular formula is C24H23Cl2N3O3. The summed E-state index contributed by atoms with van der Waals surface area (Å²) < 4.78 is 5.75. The number of amides is 2. The van der Waals surface area contributed by atoms with Crippen LogP contribution in [0.15, 0.2) is 52.9 Å². The summed E-state index contributed by atoms with van der Waals surface area (Å²) >= 11 is 12.0. The molecule has 1 atom stereocenters. The monoisotopic (exact) mass is 471 g/mol. The van der Waals surface area contributed by atoms with E-state index in [0.717, 1.165) is 24.9 Å². The van der Waals surface area contributed by atoms with E-state index >= 15 is 0 Å². The smallest absolute Gasteiger partial charge is 0.289 e. The van der Waals surface area contributed by atoms with Gasteiger partial charge in [-0.15, -0.1) is 0 Å². The van der Waals surface area contributed by atoms with Gasteiger partial charge in [0.2, 0.25) is 0 Å². The number of hydrogen-bond donors (Lipinski definition) is 0. The van der Waals surface area contributed by atoms with Gasteiger partial charge in [-0.05, 0) is 55.0 Å². The Morgan fingerprint density at radius 3 is 2.28 bits per heavy atom. The van der Waals surface area contributed by atoms with Gasteiger partial charge in [-0.2, -0.15) is 0 Å². The molecule has 0 aliphatic carbocycles. The first-order valence-electron chi connectivity index (χ1n) is 10.8. The Hall–Kier alpha value is -2.54. The van der Waals surface area contributed by atoms with Crippen LogP contribution < -0.4 is 0 Å². The van der Waals surface area contributed by atoms with Crippen LogP contribution in [0.25, 0.3) is 11.0 Å². The minimum absolute atomic E-state index is 0.0366. The van der Waals surface area contributed by atoms with Crippen molar-refractivity contribution in [3.05, 3.63) is 69.9 Å². The first kappa shape index (κ1) is 21.3. The molecule has 1 aromatic heterocycles. The van der Waals surface area contributed by atoms with Crippen LogP contribution in [0.4, 0.5) is 0 Å². The lowest BCUT2D eigenvalue weighted by Crippen LogP contribution is -2.52. The van der Waals surface area contributed by atoms with Crippen LogP contribution in [0.5, 0.6) is 0 Å². The molecule has 2 aromatic carbocycles. The van der Waals surface area contributed by atoms with E-state index in [9.17, 15) is 9.59 Å². The second kappa shape index (κ2) is 8.77. The fourth-order valence-corrected chi connectivity index (χ4v) is 4.87. The molecule has 0 spiro atoms. The van der Waals surface area contributed by atoms with E-state index in [-0.39, 0.29) is 11.8 Å². The van der Waals surface area contributed by atoms with Crippen molar-refractivity contribution in [2.24, 2.45) is 0 Å². The molecule has 0 unspecified atom stereocenters. The van der Waals surface area contributed by atoms with Gasteiger partial charge in [0.15, 0.2) is 5.76 Å². The Labute approximate surface area is 196 Å². The van der Waals surface area contributed by atoms with Crippen molar-refractivity contribution in [3.63, 3.8) is 0 Å². The van der Waals surface area contributed by atoms with Crippen LogP contribution in [0.1, 0.15) is 27.3 Å². The number of likely N-dealkylation sites (tertiary alicyclic amines) is 1. The number of carbonyl (C=O) groups excluding carboxylic acids is 2. The molecule has 2 aliphatic rings. The van der Waals surface area contributed by atoms with Gasteiger partial charge < -0.3 is 14.2 Å². The van der Waals surface area contributed by atoms with Crippen LogP contribution in [-0.4, -0.2) is 71.8 Å². The average molecular weight is 472 g/mol. The number of hydrogen-bond acceptors (Lipinski definition) is 4. The van der Waals surface area contributed by atoms with Gasteiger partial charge in [-0.25, -0.2) is 0 Å². The van der Waals surface area contributed by atoms with Gasteiger partial charge in [-0.1, -0.05) is 23.2 Å². The maximum Gasteiger partial charge on any atom is 0.289 e. The van der Waals surface area contributed by atoms with Crippen molar-refractivity contribution < 1.29 is 14.0 Å². The Morgan fingerprint density at radius 2 is 1.53 bits per heavy atom. The maximum atomic E-state index is 13.0. The Bertz CT molecular complexity index is 1150. The van der Waals surface area contributed by atoms with Crippen LogP contribution in [-0.2, 0) is 0 Å². The van der Waals surface area contributed by atoms with Crippen molar-refractivity contribution in [1.82, 2.24) is 14.7 Å². The van der Waals surface area contributed by atoms with Gasteiger partial charge in [0, 0.05) is 66.3 Å². The van der Waals surface area contributed by atoms with Gasteiger partial charge in [0.25, 0.3) is 11.8 Å². The first-order valence-corrected chi connectivity index (χ1v) is 11.5. The third-order valence-corrected chi connectivity index (χ3v) is 6.84. The van der Waals surface area contributed by atoms with Crippen molar-refractivity contribution >= 4 is 46.0 Å². The zero-order valence-corrected chi connectivity index (χ0v) is 19.0. The highest BCUT2D eigenvalue weighted by Gasteiger charge is 2.34. The molecule has 2 amide bonds. The predicted molar refractivity (Wildman–Crippen MR) is 124 cm³/mol. The van der Waals surface area contributed by atoms with Crippen molar-refractivity contribution in [1.29, 1.82) is 0 Å². The van der Waals surface area contributed by atoms with E-state index in [1.807, 2.05) is 9.80 Å². The van der Waals surface area contributed by atoms with Crippen LogP contribution in [0.2, 0.25) is 10.0 Å². The number of nitrogens with zero attached hydrogens (tertiary/aromatic N) is 3. The van der Waals surface area contributed by atoms with E-state index in [2.05, 4.69) is 4.90 Å². The summed E-state index contributed by atoms with van der Waals surface area (Å²) in [5.41, 5.74) is 1.32. The average Bonchev–Trinajstić information content (AvgIpc) is 3.46. The molecule has 3 aromatic rings. The Balaban J connectivity index is 1.17. The lowest BCUT2D eigenvalue weighted by Gasteiger charge is -2.38. The predicted octanol–water partition coefficient (Wildman–Crippen LogP) is 4.41. The van der Waals surface area contributed by atoms with Crippen molar-refractivity contribution in [2.75, 3.05) is 39.3 Å². The zero-order chi connectivity index (χ0) is 22.2. The second-order valence-corrected chi connectivity index (χ2v) is 9.19. The number of halogens is 2. The number of rotatable bonds is 3. The lowest BCUT2D eigenvalue weighted by molar-refractivity contribution is 0.0566. The number of benzene rings is 2. The van der Waals surface area contributed by atoms with E-state index in [1.54, 1.807) is 48.5 Å². The summed E-state index contributed by atoms with van der Waals surface area (Å²) in [6.07, 6.45) is 0.920. The number of carbonyl (C=O) groups is 2. The number of furan rings is 1. The first-order chi connectivity index (χ1) is 15.5. The fraction of sp³-hybridized carbons (Fsp3) is 0.333. The summed E-state index contributed by atoms with van der Waals surface area (Å²) in [5, 5.41) is 2.07. The molecule has 6 nitrogen and oxygen atoms in total. The molecule has 2 aliphatic heterocycles. The highest BCUT2D eigenvalue weighted by molar-refractivity contribution is 6.31. The maximum absolute atomic E-state index is 13.0. The molecule has 3 heterocycles. The number of fused-ring (bicyclic) bond motifs is 1. The molecule has 2 saturated heterocycles. The molecule has 166 valence electrons. The minimum Gasteiger partial charge on any atom is -0.451 e. The standard InChI is InChI=1S/C24H23Cl2N3O3/c25-18-3-1-16(2-4-18)23(30)28-11-9-27(10-12-28)20-7-8-29(15-20)24(31)22-14-17-13-19(26)5-6-21(17)32-22/h1-6,13-14,20H,7-12,15H2/t20-/m1/s1. The molecular weight excluding hydrogens is 449 g/mol. The summed E-state index contributed by atoms with van der Waals surface area (Å²) in [6.45, 7) is 4.32. The van der Waals surface area contributed by atoms with E-state index in [4.69, 9.17) is 27.6 Å². The van der Waals surface area contributed by atoms with Crippen LogP contribution >= 0.6 is 23.2 Å². The molecule has 32 heavy (non-hydrogen) atoms. The molecule has 0 radical (unpaired) electrons. The third kappa shape index (κ3) is 4.22. The molecule has 0 bridgehead atoms. The van der Waals surface area contributed by atoms with E-state index in [0.29, 0.717) is 59.2 Å². The molecule has 8 heteroatoms. The normalized spacial score (nSPS) is 19.6. The van der Waals surface area contributed by atoms with Gasteiger partial charge >= 0.3 is 0 Å². The van der Waals surface area contributed by atoms with Crippen LogP contribution in [0, 0.1) is 0 Å². The highest BCUT2D eigenvalue weighted by Crippen LogP contribution is 2.26.